The van der Waals surface area contributed by atoms with E-state index >= 15 is 0 Å². The van der Waals surface area contributed by atoms with Crippen molar-refractivity contribution in [3.05, 3.63) is 0 Å². The van der Waals surface area contributed by atoms with Gasteiger partial charge in [-0.3, -0.25) is 9.32 Å². The topological polar surface area (TPSA) is 173 Å². The molecule has 1 amide bonds. The van der Waals surface area contributed by atoms with E-state index in [0.29, 0.717) is 59.0 Å². The number of nitrogens with one attached hydrogen (secondary N) is 1. The molecule has 14 heteroatoms. The molecule has 0 saturated heterocycles. The maximum absolute atomic E-state index is 11.8. The van der Waals surface area contributed by atoms with Crippen molar-refractivity contribution in [3.8, 4) is 0 Å². The molecule has 0 aliphatic carbocycles. The quantitative estimate of drug-likeness (QED) is 0.0753. The SMILES string of the molecule is O=C(CCCCCCCCOCCOCCOCCOP(O)O)NCCCCCCOP(=O)(O)O. The van der Waals surface area contributed by atoms with E-state index in [1.165, 1.54) is 0 Å². The van der Waals surface area contributed by atoms with Crippen molar-refractivity contribution in [3.63, 3.8) is 0 Å². The van der Waals surface area contributed by atoms with Crippen LogP contribution in [0.15, 0.2) is 0 Å². The lowest BCUT2D eigenvalue weighted by molar-refractivity contribution is -0.121. The fourth-order valence-corrected chi connectivity index (χ4v) is 3.60. The predicted octanol–water partition coefficient (Wildman–Crippen LogP) is 2.78. The van der Waals surface area contributed by atoms with Gasteiger partial charge < -0.3 is 43.6 Å². The van der Waals surface area contributed by atoms with Gasteiger partial charge in [-0.25, -0.2) is 4.57 Å². The molecule has 0 radical (unpaired) electrons. The molecule has 0 heterocycles. The Kier molecular flexibility index (Phi) is 25.3. The van der Waals surface area contributed by atoms with Gasteiger partial charge in [-0.1, -0.05) is 38.5 Å². The van der Waals surface area contributed by atoms with E-state index in [0.717, 1.165) is 57.8 Å². The molecule has 0 rings (SSSR count). The molecule has 0 aromatic carbocycles. The number of ether oxygens (including phenoxy) is 3. The summed E-state index contributed by atoms with van der Waals surface area (Å²) in [5, 5.41) is 2.91. The molecular formula is C21H45NO11P2. The fraction of sp³-hybridized carbons (Fsp3) is 0.952. The van der Waals surface area contributed by atoms with Crippen LogP contribution >= 0.6 is 16.4 Å². The average molecular weight is 550 g/mol. The summed E-state index contributed by atoms with van der Waals surface area (Å²) in [6.07, 6.45) is 9.95. The lowest BCUT2D eigenvalue weighted by atomic mass is 10.1. The number of unbranched alkanes of at least 4 members (excludes halogenated alkanes) is 8. The molecule has 0 aromatic heterocycles. The zero-order valence-corrected chi connectivity index (χ0v) is 22.5. The number of hydrogen-bond donors (Lipinski definition) is 5. The Balaban J connectivity index is 3.18. The standard InChI is InChI=1S/C21H45NO11P2/c23-21(22-12-8-4-6-10-14-33-35(26,27)28)11-7-3-1-2-5-9-13-29-15-16-30-17-18-31-19-20-32-34(24)25/h24-25H,1-20H2,(H,22,23)(H2,26,27,28). The molecule has 12 nitrogen and oxygen atoms in total. The summed E-state index contributed by atoms with van der Waals surface area (Å²) in [5.74, 6) is 0.0771. The molecule has 0 bridgehead atoms. The number of phosphoric acid groups is 1. The summed E-state index contributed by atoms with van der Waals surface area (Å²) in [5.41, 5.74) is 0. The molecule has 0 unspecified atom stereocenters. The van der Waals surface area contributed by atoms with Gasteiger partial charge in [0.25, 0.3) is 0 Å². The van der Waals surface area contributed by atoms with Crippen molar-refractivity contribution in [2.45, 2.75) is 70.6 Å². The molecule has 0 saturated carbocycles. The highest BCUT2D eigenvalue weighted by molar-refractivity contribution is 7.46. The third-order valence-corrected chi connectivity index (χ3v) is 5.71. The first-order valence-corrected chi connectivity index (χ1v) is 15.0. The van der Waals surface area contributed by atoms with Crippen molar-refractivity contribution in [1.29, 1.82) is 0 Å². The van der Waals surface area contributed by atoms with Gasteiger partial charge in [0, 0.05) is 19.6 Å². The maximum atomic E-state index is 11.8. The largest absolute Gasteiger partial charge is 0.469 e. The van der Waals surface area contributed by atoms with E-state index in [2.05, 4.69) is 14.4 Å². The Morgan fingerprint density at radius 2 is 1.14 bits per heavy atom. The number of hydrogen-bond acceptors (Lipinski definition) is 9. The summed E-state index contributed by atoms with van der Waals surface area (Å²) in [6, 6.07) is 0. The number of carbonyl (C=O) groups is 1. The minimum atomic E-state index is -4.36. The molecule has 210 valence electrons. The summed E-state index contributed by atoms with van der Waals surface area (Å²) in [7, 11) is -6.67. The van der Waals surface area contributed by atoms with E-state index in [4.69, 9.17) is 33.8 Å². The van der Waals surface area contributed by atoms with Gasteiger partial charge in [-0.2, -0.15) is 0 Å². The van der Waals surface area contributed by atoms with E-state index in [-0.39, 0.29) is 19.1 Å². The van der Waals surface area contributed by atoms with Gasteiger partial charge in [0.05, 0.1) is 46.2 Å². The van der Waals surface area contributed by atoms with Gasteiger partial charge in [-0.05, 0) is 25.7 Å². The second-order valence-corrected chi connectivity index (χ2v) is 9.89. The van der Waals surface area contributed by atoms with Crippen LogP contribution in [0.4, 0.5) is 0 Å². The monoisotopic (exact) mass is 549 g/mol. The highest BCUT2D eigenvalue weighted by Crippen LogP contribution is 2.35. The van der Waals surface area contributed by atoms with Crippen LogP contribution in [0, 0.1) is 0 Å². The first kappa shape index (κ1) is 34.8. The zero-order chi connectivity index (χ0) is 26.0. The van der Waals surface area contributed by atoms with Crippen LogP contribution in [0.1, 0.15) is 70.6 Å². The smallest absolute Gasteiger partial charge is 0.379 e. The van der Waals surface area contributed by atoms with Crippen molar-refractivity contribution >= 4 is 22.3 Å². The van der Waals surface area contributed by atoms with E-state index in [1.54, 1.807) is 0 Å². The fourth-order valence-electron chi connectivity index (χ4n) is 3.00. The highest BCUT2D eigenvalue weighted by Gasteiger charge is 2.12. The average Bonchev–Trinajstić information content (AvgIpc) is 2.79. The Labute approximate surface area is 210 Å². The van der Waals surface area contributed by atoms with Crippen molar-refractivity contribution < 1.29 is 52.2 Å². The Morgan fingerprint density at radius 3 is 1.74 bits per heavy atom. The van der Waals surface area contributed by atoms with Crippen molar-refractivity contribution in [2.24, 2.45) is 0 Å². The molecule has 5 N–H and O–H groups in total. The molecular weight excluding hydrogens is 504 g/mol. The van der Waals surface area contributed by atoms with Crippen LogP contribution < -0.4 is 5.32 Å². The number of amides is 1. The third kappa shape index (κ3) is 31.7. The van der Waals surface area contributed by atoms with E-state index in [9.17, 15) is 9.36 Å². The van der Waals surface area contributed by atoms with Gasteiger partial charge in [0.15, 0.2) is 0 Å². The Bertz CT molecular complexity index is 523. The number of rotatable bonds is 27. The first-order chi connectivity index (χ1) is 16.8. The third-order valence-electron chi connectivity index (χ3n) is 4.77. The summed E-state index contributed by atoms with van der Waals surface area (Å²) >= 11 is 0. The van der Waals surface area contributed by atoms with Crippen molar-refractivity contribution in [2.75, 3.05) is 59.4 Å². The normalized spacial score (nSPS) is 11.9. The number of carbonyl (C=O) groups excluding carboxylic acids is 1. The van der Waals surface area contributed by atoms with Crippen LogP contribution in [-0.4, -0.2) is 84.9 Å². The lowest BCUT2D eigenvalue weighted by Crippen LogP contribution is -2.23. The molecule has 35 heavy (non-hydrogen) atoms. The molecule has 0 atom stereocenters. The summed E-state index contributed by atoms with van der Waals surface area (Å²) in [6.45, 7) is 3.75. The van der Waals surface area contributed by atoms with Gasteiger partial charge in [0.2, 0.25) is 5.91 Å². The van der Waals surface area contributed by atoms with E-state index < -0.39 is 16.4 Å². The minimum Gasteiger partial charge on any atom is -0.379 e. The molecule has 0 spiro atoms. The van der Waals surface area contributed by atoms with Gasteiger partial charge in [0.1, 0.15) is 0 Å². The molecule has 0 fully saturated rings. The van der Waals surface area contributed by atoms with Crippen LogP contribution in [0.25, 0.3) is 0 Å². The number of phosphoric ester groups is 1. The van der Waals surface area contributed by atoms with Crippen molar-refractivity contribution in [1.82, 2.24) is 5.32 Å². The second kappa shape index (κ2) is 25.4. The van der Waals surface area contributed by atoms with Crippen LogP contribution in [0.5, 0.6) is 0 Å². The van der Waals surface area contributed by atoms with Gasteiger partial charge >= 0.3 is 16.4 Å². The second-order valence-electron chi connectivity index (χ2n) is 7.88. The molecule has 0 aliphatic heterocycles. The summed E-state index contributed by atoms with van der Waals surface area (Å²) < 4.78 is 35.5. The minimum absolute atomic E-state index is 0.0504. The lowest BCUT2D eigenvalue weighted by Gasteiger charge is -2.07. The predicted molar refractivity (Wildman–Crippen MR) is 132 cm³/mol. The van der Waals surface area contributed by atoms with Crippen LogP contribution in [0.2, 0.25) is 0 Å². The van der Waals surface area contributed by atoms with E-state index in [1.807, 2.05) is 0 Å². The van der Waals surface area contributed by atoms with Crippen LogP contribution in [0.3, 0.4) is 0 Å². The van der Waals surface area contributed by atoms with Gasteiger partial charge in [-0.15, -0.1) is 0 Å². The first-order valence-electron chi connectivity index (χ1n) is 12.3. The van der Waals surface area contributed by atoms with Crippen LogP contribution in [-0.2, 0) is 32.6 Å². The zero-order valence-electron chi connectivity index (χ0n) is 20.7. The molecule has 0 aromatic rings. The Morgan fingerprint density at radius 1 is 0.657 bits per heavy atom. The Hall–Kier alpha value is -0.230. The molecule has 0 aliphatic rings. The maximum Gasteiger partial charge on any atom is 0.469 e. The highest BCUT2D eigenvalue weighted by atomic mass is 31.2. The summed E-state index contributed by atoms with van der Waals surface area (Å²) in [4.78, 5) is 46.0.